The highest BCUT2D eigenvalue weighted by atomic mass is 16.5. The molecule has 3 atom stereocenters. The summed E-state index contributed by atoms with van der Waals surface area (Å²) in [5, 5.41) is 3.66. The smallest absolute Gasteiger partial charge is 0.119 e. The molecular formula is C16H25NO. The first kappa shape index (κ1) is 13.3. The molecule has 1 aromatic rings. The van der Waals surface area contributed by atoms with Crippen molar-refractivity contribution in [2.45, 2.75) is 46.1 Å². The number of nitrogens with one attached hydrogen (secondary N) is 1. The van der Waals surface area contributed by atoms with Crippen LogP contribution in [0, 0.1) is 11.8 Å². The molecule has 3 unspecified atom stereocenters. The van der Waals surface area contributed by atoms with Gasteiger partial charge in [-0.05, 0) is 62.3 Å². The summed E-state index contributed by atoms with van der Waals surface area (Å²) in [5.41, 5.74) is 1.21. The maximum absolute atomic E-state index is 5.46. The van der Waals surface area contributed by atoms with E-state index < -0.39 is 0 Å². The van der Waals surface area contributed by atoms with Crippen molar-refractivity contribution in [1.82, 2.24) is 0 Å². The molecule has 0 bridgehead atoms. The van der Waals surface area contributed by atoms with Crippen LogP contribution in [0.2, 0.25) is 0 Å². The molecule has 100 valence electrons. The van der Waals surface area contributed by atoms with Crippen LogP contribution >= 0.6 is 0 Å². The molecule has 0 spiro atoms. The lowest BCUT2D eigenvalue weighted by molar-refractivity contribution is 0.276. The van der Waals surface area contributed by atoms with Crippen LogP contribution in [0.3, 0.4) is 0 Å². The SMILES string of the molecule is CCOc1ccc(NC2CCC(C)CC2C)cc1. The molecule has 1 aliphatic carbocycles. The van der Waals surface area contributed by atoms with E-state index in [1.165, 1.54) is 24.9 Å². The minimum absolute atomic E-state index is 0.624. The van der Waals surface area contributed by atoms with Gasteiger partial charge in [0.25, 0.3) is 0 Å². The normalized spacial score (nSPS) is 27.8. The summed E-state index contributed by atoms with van der Waals surface area (Å²) in [7, 11) is 0. The van der Waals surface area contributed by atoms with Gasteiger partial charge in [-0.25, -0.2) is 0 Å². The minimum Gasteiger partial charge on any atom is -0.494 e. The van der Waals surface area contributed by atoms with Crippen LogP contribution in [0.4, 0.5) is 5.69 Å². The van der Waals surface area contributed by atoms with Crippen molar-refractivity contribution in [2.24, 2.45) is 11.8 Å². The Morgan fingerprint density at radius 3 is 2.50 bits per heavy atom. The molecule has 0 aromatic heterocycles. The van der Waals surface area contributed by atoms with Gasteiger partial charge in [-0.15, -0.1) is 0 Å². The Hall–Kier alpha value is -1.18. The van der Waals surface area contributed by atoms with E-state index in [0.29, 0.717) is 6.04 Å². The van der Waals surface area contributed by atoms with Gasteiger partial charge in [0.05, 0.1) is 6.61 Å². The first-order valence-electron chi connectivity index (χ1n) is 7.18. The largest absolute Gasteiger partial charge is 0.494 e. The van der Waals surface area contributed by atoms with Crippen LogP contribution in [-0.4, -0.2) is 12.6 Å². The van der Waals surface area contributed by atoms with Crippen molar-refractivity contribution < 1.29 is 4.74 Å². The molecular weight excluding hydrogens is 222 g/mol. The first-order chi connectivity index (χ1) is 8.69. The topological polar surface area (TPSA) is 21.3 Å². The van der Waals surface area contributed by atoms with E-state index >= 15 is 0 Å². The fourth-order valence-electron chi connectivity index (χ4n) is 2.91. The summed E-state index contributed by atoms with van der Waals surface area (Å²) in [6.07, 6.45) is 3.98. The standard InChI is InChI=1S/C16H25NO/c1-4-18-15-8-6-14(7-9-15)17-16-10-5-12(2)11-13(16)3/h6-9,12-13,16-17H,4-5,10-11H2,1-3H3. The second-order valence-corrected chi connectivity index (χ2v) is 5.60. The molecule has 2 heteroatoms. The monoisotopic (exact) mass is 247 g/mol. The number of rotatable bonds is 4. The van der Waals surface area contributed by atoms with E-state index in [2.05, 4.69) is 31.3 Å². The quantitative estimate of drug-likeness (QED) is 0.855. The Morgan fingerprint density at radius 2 is 1.89 bits per heavy atom. The molecule has 2 rings (SSSR count). The lowest BCUT2D eigenvalue weighted by atomic mass is 9.80. The fraction of sp³-hybridized carbons (Fsp3) is 0.625. The van der Waals surface area contributed by atoms with E-state index in [4.69, 9.17) is 4.74 Å². The molecule has 0 aliphatic heterocycles. The van der Waals surface area contributed by atoms with Gasteiger partial charge in [0.15, 0.2) is 0 Å². The zero-order chi connectivity index (χ0) is 13.0. The lowest BCUT2D eigenvalue weighted by Gasteiger charge is -2.33. The molecule has 18 heavy (non-hydrogen) atoms. The van der Waals surface area contributed by atoms with Crippen molar-refractivity contribution in [2.75, 3.05) is 11.9 Å². The zero-order valence-electron chi connectivity index (χ0n) is 11.8. The molecule has 1 aromatic carbocycles. The highest BCUT2D eigenvalue weighted by Crippen LogP contribution is 2.31. The Kier molecular flexibility index (Phi) is 4.51. The van der Waals surface area contributed by atoms with E-state index in [-0.39, 0.29) is 0 Å². The third-order valence-electron chi connectivity index (χ3n) is 3.95. The maximum atomic E-state index is 5.46. The van der Waals surface area contributed by atoms with Crippen LogP contribution in [0.1, 0.15) is 40.0 Å². The van der Waals surface area contributed by atoms with Gasteiger partial charge in [0.1, 0.15) is 5.75 Å². The summed E-state index contributed by atoms with van der Waals surface area (Å²) in [6, 6.07) is 8.95. The zero-order valence-corrected chi connectivity index (χ0v) is 11.8. The van der Waals surface area contributed by atoms with Gasteiger partial charge in [0.2, 0.25) is 0 Å². The predicted octanol–water partition coefficient (Wildman–Crippen LogP) is 4.32. The van der Waals surface area contributed by atoms with Crippen LogP contribution < -0.4 is 10.1 Å². The first-order valence-corrected chi connectivity index (χ1v) is 7.18. The van der Waals surface area contributed by atoms with Gasteiger partial charge >= 0.3 is 0 Å². The van der Waals surface area contributed by atoms with Crippen LogP contribution in [0.5, 0.6) is 5.75 Å². The third kappa shape index (κ3) is 3.41. The number of anilines is 1. The molecule has 2 nitrogen and oxygen atoms in total. The number of benzene rings is 1. The van der Waals surface area contributed by atoms with Gasteiger partial charge in [-0.1, -0.05) is 13.8 Å². The van der Waals surface area contributed by atoms with Gasteiger partial charge in [-0.2, -0.15) is 0 Å². The molecule has 1 aliphatic rings. The summed E-state index contributed by atoms with van der Waals surface area (Å²) in [6.45, 7) is 7.47. The number of ether oxygens (including phenoxy) is 1. The Balaban J connectivity index is 1.92. The Labute approximate surface area is 111 Å². The highest BCUT2D eigenvalue weighted by Gasteiger charge is 2.24. The Bertz CT molecular complexity index is 360. The van der Waals surface area contributed by atoms with Crippen LogP contribution in [0.15, 0.2) is 24.3 Å². The molecule has 0 radical (unpaired) electrons. The second-order valence-electron chi connectivity index (χ2n) is 5.60. The predicted molar refractivity (Wildman–Crippen MR) is 77.2 cm³/mol. The second kappa shape index (κ2) is 6.12. The summed E-state index contributed by atoms with van der Waals surface area (Å²) < 4.78 is 5.46. The average molecular weight is 247 g/mol. The molecule has 1 saturated carbocycles. The Morgan fingerprint density at radius 1 is 1.17 bits per heavy atom. The van der Waals surface area contributed by atoms with Crippen molar-refractivity contribution in [1.29, 1.82) is 0 Å². The molecule has 0 saturated heterocycles. The van der Waals surface area contributed by atoms with Crippen LogP contribution in [0.25, 0.3) is 0 Å². The lowest BCUT2D eigenvalue weighted by Crippen LogP contribution is -2.32. The summed E-state index contributed by atoms with van der Waals surface area (Å²) >= 11 is 0. The van der Waals surface area contributed by atoms with Gasteiger partial charge in [-0.3, -0.25) is 0 Å². The van der Waals surface area contributed by atoms with Gasteiger partial charge in [0, 0.05) is 11.7 Å². The third-order valence-corrected chi connectivity index (χ3v) is 3.95. The van der Waals surface area contributed by atoms with E-state index in [1.54, 1.807) is 0 Å². The van der Waals surface area contributed by atoms with Crippen molar-refractivity contribution in [3.63, 3.8) is 0 Å². The van der Waals surface area contributed by atoms with Crippen molar-refractivity contribution in [3.05, 3.63) is 24.3 Å². The van der Waals surface area contributed by atoms with Crippen molar-refractivity contribution in [3.8, 4) is 5.75 Å². The summed E-state index contributed by atoms with van der Waals surface area (Å²) in [4.78, 5) is 0. The molecule has 1 N–H and O–H groups in total. The van der Waals surface area contributed by atoms with E-state index in [0.717, 1.165) is 24.2 Å². The maximum Gasteiger partial charge on any atom is 0.119 e. The number of hydrogen-bond acceptors (Lipinski definition) is 2. The van der Waals surface area contributed by atoms with Gasteiger partial charge < -0.3 is 10.1 Å². The molecule has 0 heterocycles. The summed E-state index contributed by atoms with van der Waals surface area (Å²) in [5.74, 6) is 2.60. The van der Waals surface area contributed by atoms with E-state index in [9.17, 15) is 0 Å². The minimum atomic E-state index is 0.624. The molecule has 1 fully saturated rings. The van der Waals surface area contributed by atoms with E-state index in [1.807, 2.05) is 19.1 Å². The van der Waals surface area contributed by atoms with Crippen molar-refractivity contribution >= 4 is 5.69 Å². The highest BCUT2D eigenvalue weighted by molar-refractivity contribution is 5.47. The fourth-order valence-corrected chi connectivity index (χ4v) is 2.91. The molecule has 0 amide bonds. The van der Waals surface area contributed by atoms with Crippen LogP contribution in [-0.2, 0) is 0 Å². The number of hydrogen-bond donors (Lipinski definition) is 1. The average Bonchev–Trinajstić information content (AvgIpc) is 2.35.